The predicted molar refractivity (Wildman–Crippen MR) is 90.8 cm³/mol. The summed E-state index contributed by atoms with van der Waals surface area (Å²) >= 11 is 0. The van der Waals surface area contributed by atoms with E-state index < -0.39 is 0 Å². The number of nitrogens with one attached hydrogen (secondary N) is 1. The zero-order chi connectivity index (χ0) is 16.7. The summed E-state index contributed by atoms with van der Waals surface area (Å²) in [5.74, 6) is 0.0126. The molecule has 0 radical (unpaired) electrons. The van der Waals surface area contributed by atoms with Crippen LogP contribution in [0.15, 0.2) is 30.3 Å². The van der Waals surface area contributed by atoms with Gasteiger partial charge in [-0.3, -0.25) is 9.59 Å². The van der Waals surface area contributed by atoms with Gasteiger partial charge < -0.3 is 15.1 Å². The average molecular weight is 317 g/mol. The molecule has 1 saturated heterocycles. The maximum absolute atomic E-state index is 12.8. The van der Waals surface area contributed by atoms with Crippen LogP contribution in [0.5, 0.6) is 0 Å². The minimum Gasteiger partial charge on any atom is -0.344 e. The summed E-state index contributed by atoms with van der Waals surface area (Å²) in [5.41, 5.74) is 1.12. The molecule has 1 atom stereocenters. The highest BCUT2D eigenvalue weighted by Gasteiger charge is 2.30. The molecule has 1 aromatic rings. The van der Waals surface area contributed by atoms with Crippen LogP contribution in [0.1, 0.15) is 32.3 Å². The molecule has 2 rings (SSSR count). The number of hydrogen-bond donors (Lipinski definition) is 1. The van der Waals surface area contributed by atoms with Gasteiger partial charge in [-0.05, 0) is 25.1 Å². The first-order valence-corrected chi connectivity index (χ1v) is 8.48. The third-order valence-electron chi connectivity index (χ3n) is 4.40. The fraction of sp³-hybridized carbons (Fsp3) is 0.556. The van der Waals surface area contributed by atoms with Crippen LogP contribution in [0, 0.1) is 0 Å². The van der Waals surface area contributed by atoms with Gasteiger partial charge in [-0.15, -0.1) is 0 Å². The van der Waals surface area contributed by atoms with Gasteiger partial charge in [0.1, 0.15) is 6.04 Å². The van der Waals surface area contributed by atoms with E-state index in [0.29, 0.717) is 25.9 Å². The third-order valence-corrected chi connectivity index (χ3v) is 4.40. The van der Waals surface area contributed by atoms with E-state index in [9.17, 15) is 9.59 Å². The summed E-state index contributed by atoms with van der Waals surface area (Å²) in [5, 5.41) is 2.79. The van der Waals surface area contributed by atoms with Crippen LogP contribution < -0.4 is 5.32 Å². The first-order valence-electron chi connectivity index (χ1n) is 8.48. The fourth-order valence-corrected chi connectivity index (χ4v) is 2.89. The second kappa shape index (κ2) is 8.67. The van der Waals surface area contributed by atoms with Crippen LogP contribution in [0.3, 0.4) is 0 Å². The number of rotatable bonds is 8. The molecule has 0 saturated carbocycles. The summed E-state index contributed by atoms with van der Waals surface area (Å²) in [4.78, 5) is 28.4. The lowest BCUT2D eigenvalue weighted by atomic mass is 10.1. The maximum atomic E-state index is 12.8. The van der Waals surface area contributed by atoms with Gasteiger partial charge in [-0.2, -0.15) is 0 Å². The topological polar surface area (TPSA) is 52.7 Å². The van der Waals surface area contributed by atoms with Crippen molar-refractivity contribution in [3.8, 4) is 0 Å². The zero-order valence-electron chi connectivity index (χ0n) is 14.1. The Bertz CT molecular complexity index is 514. The Kier molecular flexibility index (Phi) is 6.59. The number of amides is 2. The van der Waals surface area contributed by atoms with Gasteiger partial charge in [-0.25, -0.2) is 0 Å². The summed E-state index contributed by atoms with van der Waals surface area (Å²) in [6.07, 6.45) is 1.06. The number of nitrogens with zero attached hydrogens (tertiary/aromatic N) is 2. The van der Waals surface area contributed by atoms with E-state index >= 15 is 0 Å². The average Bonchev–Trinajstić information content (AvgIpc) is 3.01. The zero-order valence-corrected chi connectivity index (χ0v) is 14.1. The van der Waals surface area contributed by atoms with Crippen molar-refractivity contribution < 1.29 is 9.59 Å². The van der Waals surface area contributed by atoms with Crippen LogP contribution in [-0.4, -0.2) is 53.8 Å². The van der Waals surface area contributed by atoms with Crippen molar-refractivity contribution >= 4 is 11.8 Å². The summed E-state index contributed by atoms with van der Waals surface area (Å²) in [6, 6.07) is 9.65. The van der Waals surface area contributed by atoms with Gasteiger partial charge in [0.15, 0.2) is 0 Å². The van der Waals surface area contributed by atoms with E-state index in [1.807, 2.05) is 35.2 Å². The molecule has 1 aliphatic heterocycles. The quantitative estimate of drug-likeness (QED) is 0.793. The first kappa shape index (κ1) is 17.5. The molecule has 23 heavy (non-hydrogen) atoms. The van der Waals surface area contributed by atoms with Crippen molar-refractivity contribution in [1.82, 2.24) is 15.1 Å². The van der Waals surface area contributed by atoms with Gasteiger partial charge in [-0.1, -0.05) is 44.2 Å². The Morgan fingerprint density at radius 3 is 2.43 bits per heavy atom. The van der Waals surface area contributed by atoms with E-state index in [1.165, 1.54) is 0 Å². The van der Waals surface area contributed by atoms with E-state index in [4.69, 9.17) is 0 Å². The Morgan fingerprint density at radius 1 is 1.17 bits per heavy atom. The van der Waals surface area contributed by atoms with Crippen molar-refractivity contribution in [2.75, 3.05) is 26.2 Å². The van der Waals surface area contributed by atoms with E-state index in [0.717, 1.165) is 25.2 Å². The molecule has 1 aromatic carbocycles. The maximum Gasteiger partial charge on any atom is 0.245 e. The van der Waals surface area contributed by atoms with Crippen LogP contribution in [0.25, 0.3) is 0 Å². The monoisotopic (exact) mass is 317 g/mol. The van der Waals surface area contributed by atoms with E-state index in [-0.39, 0.29) is 17.9 Å². The molecule has 1 fully saturated rings. The fourth-order valence-electron chi connectivity index (χ4n) is 2.89. The number of likely N-dealkylation sites (N-methyl/N-ethyl adjacent to an activating group) is 1. The number of carbonyl (C=O) groups is 2. The highest BCUT2D eigenvalue weighted by Crippen LogP contribution is 2.13. The van der Waals surface area contributed by atoms with E-state index in [2.05, 4.69) is 24.1 Å². The van der Waals surface area contributed by atoms with Crippen LogP contribution in [-0.2, 0) is 16.1 Å². The summed E-state index contributed by atoms with van der Waals surface area (Å²) in [6.45, 7) is 8.34. The smallest absolute Gasteiger partial charge is 0.245 e. The first-order chi connectivity index (χ1) is 11.1. The molecule has 1 N–H and O–H groups in total. The van der Waals surface area contributed by atoms with Gasteiger partial charge in [0.25, 0.3) is 0 Å². The van der Waals surface area contributed by atoms with Crippen molar-refractivity contribution in [3.63, 3.8) is 0 Å². The standard InChI is InChI=1S/C18H27N3O2/c1-3-20(4-2)12-13-21(14-15-8-6-5-7-9-15)18(23)16-10-11-17(22)19-16/h5-9,16H,3-4,10-14H2,1-2H3,(H,19,22). The molecule has 0 aliphatic carbocycles. The largest absolute Gasteiger partial charge is 0.344 e. The molecular weight excluding hydrogens is 290 g/mol. The van der Waals surface area contributed by atoms with Gasteiger partial charge >= 0.3 is 0 Å². The molecule has 0 spiro atoms. The minimum absolute atomic E-state index is 0.0215. The molecule has 1 unspecified atom stereocenters. The molecular formula is C18H27N3O2. The molecule has 0 aromatic heterocycles. The highest BCUT2D eigenvalue weighted by atomic mass is 16.2. The SMILES string of the molecule is CCN(CC)CCN(Cc1ccccc1)C(=O)C1CCC(=O)N1. The molecule has 1 aliphatic rings. The number of benzene rings is 1. The van der Waals surface area contributed by atoms with Gasteiger partial charge in [0.05, 0.1) is 0 Å². The number of carbonyl (C=O) groups excluding carboxylic acids is 2. The van der Waals surface area contributed by atoms with Crippen molar-refractivity contribution in [2.45, 2.75) is 39.3 Å². The molecule has 126 valence electrons. The Morgan fingerprint density at radius 2 is 1.87 bits per heavy atom. The van der Waals surface area contributed by atoms with Crippen LogP contribution >= 0.6 is 0 Å². The summed E-state index contributed by atoms with van der Waals surface area (Å²) < 4.78 is 0. The van der Waals surface area contributed by atoms with E-state index in [1.54, 1.807) is 0 Å². The Balaban J connectivity index is 2.03. The second-order valence-corrected chi connectivity index (χ2v) is 5.93. The molecule has 5 nitrogen and oxygen atoms in total. The Labute approximate surface area is 138 Å². The van der Waals surface area contributed by atoms with Gasteiger partial charge in [0.2, 0.25) is 11.8 Å². The van der Waals surface area contributed by atoms with Gasteiger partial charge in [0, 0.05) is 26.1 Å². The lowest BCUT2D eigenvalue weighted by Crippen LogP contribution is -2.46. The van der Waals surface area contributed by atoms with Crippen LogP contribution in [0.2, 0.25) is 0 Å². The van der Waals surface area contributed by atoms with Crippen LogP contribution in [0.4, 0.5) is 0 Å². The van der Waals surface area contributed by atoms with Crippen molar-refractivity contribution in [3.05, 3.63) is 35.9 Å². The van der Waals surface area contributed by atoms with Crippen molar-refractivity contribution in [1.29, 1.82) is 0 Å². The molecule has 2 amide bonds. The number of hydrogen-bond acceptors (Lipinski definition) is 3. The molecule has 5 heteroatoms. The Hall–Kier alpha value is -1.88. The molecule has 0 bridgehead atoms. The molecule has 1 heterocycles. The highest BCUT2D eigenvalue weighted by molar-refractivity contribution is 5.90. The minimum atomic E-state index is -0.358. The lowest BCUT2D eigenvalue weighted by Gasteiger charge is -2.28. The summed E-state index contributed by atoms with van der Waals surface area (Å²) in [7, 11) is 0. The van der Waals surface area contributed by atoms with Crippen molar-refractivity contribution in [2.24, 2.45) is 0 Å². The predicted octanol–water partition coefficient (Wildman–Crippen LogP) is 1.64. The normalized spacial score (nSPS) is 17.3. The third kappa shape index (κ3) is 5.06. The lowest BCUT2D eigenvalue weighted by molar-refractivity contribution is -0.135. The second-order valence-electron chi connectivity index (χ2n) is 5.93.